The average molecular weight is 260 g/mol. The first kappa shape index (κ1) is 15.2. The van der Waals surface area contributed by atoms with Gasteiger partial charge in [0.05, 0.1) is 6.61 Å². The number of carbonyl (C=O) groups is 1. The van der Waals surface area contributed by atoms with E-state index in [0.29, 0.717) is 17.9 Å². The van der Waals surface area contributed by atoms with Crippen molar-refractivity contribution < 1.29 is 9.90 Å². The number of hydrogen-bond acceptors (Lipinski definition) is 3. The molecular weight excluding hydrogens is 240 g/mol. The van der Waals surface area contributed by atoms with Crippen LogP contribution in [0.15, 0.2) is 18.2 Å². The highest BCUT2D eigenvalue weighted by atomic mass is 16.2. The minimum atomic E-state index is -0.0640. The minimum absolute atomic E-state index is 0.0370. The van der Waals surface area contributed by atoms with E-state index in [4.69, 9.17) is 5.11 Å². The molecule has 2 N–H and O–H groups in total. The number of pyridine rings is 1. The summed E-state index contributed by atoms with van der Waals surface area (Å²) in [6.07, 6.45) is 0.419. The number of aliphatic hydroxyl groups excluding tert-OH is 1. The van der Waals surface area contributed by atoms with Gasteiger partial charge in [-0.15, -0.1) is 0 Å². The molecule has 1 heterocycles. The Hall–Kier alpha value is -1.86. The standard InChI is InChI=1S/C15H20N2O2/c1-11(2)12(3)15(19)17-14-9-6-8-13(16-14)7-4-5-10-18/h6,8-9,11-12,18H,5,10H2,1-3H3,(H,16,17,19). The number of aliphatic hydroxyl groups is 1. The molecule has 0 saturated carbocycles. The summed E-state index contributed by atoms with van der Waals surface area (Å²) in [4.78, 5) is 16.1. The van der Waals surface area contributed by atoms with E-state index in [1.165, 1.54) is 0 Å². The summed E-state index contributed by atoms with van der Waals surface area (Å²) in [6, 6.07) is 5.31. The predicted octanol–water partition coefficient (Wildman–Crippen LogP) is 2.05. The Morgan fingerprint density at radius 2 is 2.16 bits per heavy atom. The molecule has 1 rings (SSSR count). The van der Waals surface area contributed by atoms with E-state index in [2.05, 4.69) is 22.1 Å². The topological polar surface area (TPSA) is 62.2 Å². The maximum absolute atomic E-state index is 11.9. The predicted molar refractivity (Wildman–Crippen MR) is 75.4 cm³/mol. The number of aromatic nitrogens is 1. The second kappa shape index (κ2) is 7.55. The Labute approximate surface area is 114 Å². The van der Waals surface area contributed by atoms with Crippen molar-refractivity contribution in [3.8, 4) is 11.8 Å². The van der Waals surface area contributed by atoms with Gasteiger partial charge in [-0.1, -0.05) is 32.8 Å². The van der Waals surface area contributed by atoms with Crippen LogP contribution in [0.5, 0.6) is 0 Å². The summed E-state index contributed by atoms with van der Waals surface area (Å²) in [6.45, 7) is 5.95. The third-order valence-corrected chi connectivity index (χ3v) is 2.87. The zero-order chi connectivity index (χ0) is 14.3. The number of amides is 1. The number of anilines is 1. The van der Waals surface area contributed by atoms with Crippen molar-refractivity contribution >= 4 is 11.7 Å². The highest BCUT2D eigenvalue weighted by Crippen LogP contribution is 2.13. The van der Waals surface area contributed by atoms with Crippen LogP contribution in [-0.4, -0.2) is 22.6 Å². The van der Waals surface area contributed by atoms with Crippen LogP contribution in [0.2, 0.25) is 0 Å². The number of rotatable bonds is 4. The zero-order valence-electron chi connectivity index (χ0n) is 11.6. The summed E-state index contributed by atoms with van der Waals surface area (Å²) in [5.74, 6) is 6.33. The zero-order valence-corrected chi connectivity index (χ0v) is 11.6. The second-order valence-electron chi connectivity index (χ2n) is 4.71. The van der Waals surface area contributed by atoms with Crippen LogP contribution in [0.4, 0.5) is 5.82 Å². The van der Waals surface area contributed by atoms with Crippen LogP contribution in [0.25, 0.3) is 0 Å². The molecule has 102 valence electrons. The highest BCUT2D eigenvalue weighted by molar-refractivity contribution is 5.91. The third kappa shape index (κ3) is 5.11. The van der Waals surface area contributed by atoms with Crippen molar-refractivity contribution in [2.45, 2.75) is 27.2 Å². The van der Waals surface area contributed by atoms with E-state index in [1.54, 1.807) is 18.2 Å². The summed E-state index contributed by atoms with van der Waals surface area (Å²) in [5.41, 5.74) is 0.587. The van der Waals surface area contributed by atoms with Crippen molar-refractivity contribution in [2.24, 2.45) is 11.8 Å². The van der Waals surface area contributed by atoms with E-state index < -0.39 is 0 Å². The van der Waals surface area contributed by atoms with Crippen LogP contribution >= 0.6 is 0 Å². The summed E-state index contributed by atoms with van der Waals surface area (Å²) >= 11 is 0. The Bertz CT molecular complexity index is 486. The number of nitrogens with one attached hydrogen (secondary N) is 1. The van der Waals surface area contributed by atoms with Gasteiger partial charge in [0, 0.05) is 12.3 Å². The molecule has 4 heteroatoms. The first-order chi connectivity index (χ1) is 9.04. The molecule has 0 radical (unpaired) electrons. The van der Waals surface area contributed by atoms with Crippen molar-refractivity contribution in [1.82, 2.24) is 4.98 Å². The van der Waals surface area contributed by atoms with Gasteiger partial charge in [-0.25, -0.2) is 4.98 Å². The summed E-state index contributed by atoms with van der Waals surface area (Å²) < 4.78 is 0. The molecule has 1 amide bonds. The van der Waals surface area contributed by atoms with E-state index >= 15 is 0 Å². The Morgan fingerprint density at radius 1 is 1.42 bits per heavy atom. The largest absolute Gasteiger partial charge is 0.395 e. The smallest absolute Gasteiger partial charge is 0.228 e. The molecule has 1 aromatic rings. The number of nitrogens with zero attached hydrogens (tertiary/aromatic N) is 1. The number of carbonyl (C=O) groups excluding carboxylic acids is 1. The Kier molecular flexibility index (Phi) is 6.04. The lowest BCUT2D eigenvalue weighted by molar-refractivity contribution is -0.120. The minimum Gasteiger partial charge on any atom is -0.395 e. The van der Waals surface area contributed by atoms with Gasteiger partial charge < -0.3 is 10.4 Å². The molecule has 0 bridgehead atoms. The van der Waals surface area contributed by atoms with Crippen molar-refractivity contribution in [3.05, 3.63) is 23.9 Å². The second-order valence-corrected chi connectivity index (χ2v) is 4.71. The van der Waals surface area contributed by atoms with E-state index in [9.17, 15) is 4.79 Å². The molecule has 0 aromatic carbocycles. The first-order valence-electron chi connectivity index (χ1n) is 6.42. The lowest BCUT2D eigenvalue weighted by Crippen LogP contribution is -2.24. The van der Waals surface area contributed by atoms with Crippen molar-refractivity contribution in [3.63, 3.8) is 0 Å². The van der Waals surface area contributed by atoms with Crippen LogP contribution in [0.1, 0.15) is 32.9 Å². The maximum Gasteiger partial charge on any atom is 0.228 e. The molecule has 0 aliphatic heterocycles. The van der Waals surface area contributed by atoms with Crippen LogP contribution in [-0.2, 0) is 4.79 Å². The molecule has 0 saturated heterocycles. The highest BCUT2D eigenvalue weighted by Gasteiger charge is 2.16. The molecule has 0 aliphatic rings. The van der Waals surface area contributed by atoms with E-state index in [-0.39, 0.29) is 24.3 Å². The first-order valence-corrected chi connectivity index (χ1v) is 6.42. The summed E-state index contributed by atoms with van der Waals surface area (Å²) in [7, 11) is 0. The average Bonchev–Trinajstić information content (AvgIpc) is 2.38. The van der Waals surface area contributed by atoms with Gasteiger partial charge in [-0.3, -0.25) is 4.79 Å². The van der Waals surface area contributed by atoms with Gasteiger partial charge in [0.25, 0.3) is 0 Å². The lowest BCUT2D eigenvalue weighted by atomic mass is 9.97. The molecule has 0 fully saturated rings. The molecule has 1 atom stereocenters. The fourth-order valence-electron chi connectivity index (χ4n) is 1.33. The third-order valence-electron chi connectivity index (χ3n) is 2.87. The van der Waals surface area contributed by atoms with Gasteiger partial charge in [0.2, 0.25) is 5.91 Å². The maximum atomic E-state index is 11.9. The Morgan fingerprint density at radius 3 is 2.79 bits per heavy atom. The van der Waals surface area contributed by atoms with E-state index in [0.717, 1.165) is 0 Å². The van der Waals surface area contributed by atoms with Crippen LogP contribution in [0, 0.1) is 23.7 Å². The molecular formula is C15H20N2O2. The van der Waals surface area contributed by atoms with Crippen molar-refractivity contribution in [1.29, 1.82) is 0 Å². The van der Waals surface area contributed by atoms with Crippen LogP contribution in [0.3, 0.4) is 0 Å². The van der Waals surface area contributed by atoms with Gasteiger partial charge >= 0.3 is 0 Å². The molecule has 0 spiro atoms. The molecule has 0 aliphatic carbocycles. The van der Waals surface area contributed by atoms with Gasteiger partial charge in [0.15, 0.2) is 0 Å². The SMILES string of the molecule is CC(C)C(C)C(=O)Nc1cccc(C#CCCO)n1. The molecule has 19 heavy (non-hydrogen) atoms. The fourth-order valence-corrected chi connectivity index (χ4v) is 1.33. The monoisotopic (exact) mass is 260 g/mol. The van der Waals surface area contributed by atoms with Gasteiger partial charge in [-0.2, -0.15) is 0 Å². The van der Waals surface area contributed by atoms with Gasteiger partial charge in [0.1, 0.15) is 11.5 Å². The quantitative estimate of drug-likeness (QED) is 0.814. The normalized spacial score (nSPS) is 11.6. The van der Waals surface area contributed by atoms with Crippen LogP contribution < -0.4 is 5.32 Å². The van der Waals surface area contributed by atoms with E-state index in [1.807, 2.05) is 20.8 Å². The van der Waals surface area contributed by atoms with Crippen molar-refractivity contribution in [2.75, 3.05) is 11.9 Å². The number of hydrogen-bond donors (Lipinski definition) is 2. The Balaban J connectivity index is 2.73. The molecule has 1 unspecified atom stereocenters. The summed E-state index contributed by atoms with van der Waals surface area (Å²) in [5, 5.41) is 11.4. The lowest BCUT2D eigenvalue weighted by Gasteiger charge is -2.14. The van der Waals surface area contributed by atoms with Gasteiger partial charge in [-0.05, 0) is 24.0 Å². The molecule has 1 aromatic heterocycles. The fraction of sp³-hybridized carbons (Fsp3) is 0.467. The molecule has 4 nitrogen and oxygen atoms in total.